The number of anilines is 1. The Bertz CT molecular complexity index is 922. The van der Waals surface area contributed by atoms with E-state index >= 15 is 0 Å². The van der Waals surface area contributed by atoms with E-state index in [1.165, 1.54) is 23.9 Å². The molecule has 0 spiro atoms. The summed E-state index contributed by atoms with van der Waals surface area (Å²) in [7, 11) is -3.69. The Kier molecular flexibility index (Phi) is 8.42. The van der Waals surface area contributed by atoms with Gasteiger partial charge in [0.2, 0.25) is 15.9 Å². The second-order valence-electron chi connectivity index (χ2n) is 5.82. The lowest BCUT2D eigenvalue weighted by atomic mass is 10.2. The van der Waals surface area contributed by atoms with Gasteiger partial charge < -0.3 is 5.32 Å². The van der Waals surface area contributed by atoms with Crippen LogP contribution in [0.25, 0.3) is 0 Å². The number of carbonyl (C=O) groups is 1. The van der Waals surface area contributed by atoms with Crippen LogP contribution in [0.4, 0.5) is 10.1 Å². The topological polar surface area (TPSA) is 66.5 Å². The number of rotatable bonds is 9. The first-order valence-electron chi connectivity index (χ1n) is 8.19. The molecule has 2 aromatic rings. The molecule has 10 heteroatoms. The minimum atomic E-state index is -3.69. The molecular formula is C18H19Cl2FN2O3S2. The summed E-state index contributed by atoms with van der Waals surface area (Å²) in [4.78, 5) is 12.2. The number of nitrogens with one attached hydrogen (secondary N) is 1. The second kappa shape index (κ2) is 10.3. The van der Waals surface area contributed by atoms with Gasteiger partial charge in [0, 0.05) is 28.6 Å². The number of carbonyl (C=O) groups excluding carboxylic acids is 1. The van der Waals surface area contributed by atoms with Gasteiger partial charge in [-0.1, -0.05) is 41.4 Å². The molecule has 0 radical (unpaired) electrons. The largest absolute Gasteiger partial charge is 0.354 e. The summed E-state index contributed by atoms with van der Waals surface area (Å²) in [6.45, 7) is -0.0813. The van der Waals surface area contributed by atoms with Crippen molar-refractivity contribution in [2.24, 2.45) is 0 Å². The van der Waals surface area contributed by atoms with Crippen LogP contribution in [0.3, 0.4) is 0 Å². The summed E-state index contributed by atoms with van der Waals surface area (Å²) in [5.74, 6) is 0.0557. The van der Waals surface area contributed by atoms with Gasteiger partial charge in [-0.05, 0) is 24.3 Å². The zero-order chi connectivity index (χ0) is 20.7. The lowest BCUT2D eigenvalue weighted by Crippen LogP contribution is -2.41. The maximum Gasteiger partial charge on any atom is 0.240 e. The molecule has 152 valence electrons. The van der Waals surface area contributed by atoms with Crippen LogP contribution < -0.4 is 9.62 Å². The van der Waals surface area contributed by atoms with Crippen LogP contribution in [0.15, 0.2) is 42.5 Å². The number of halogens is 3. The number of thioether (sulfide) groups is 1. The second-order valence-corrected chi connectivity index (χ2v) is 9.65. The smallest absolute Gasteiger partial charge is 0.240 e. The third-order valence-corrected chi connectivity index (χ3v) is 6.47. The van der Waals surface area contributed by atoms with Gasteiger partial charge in [-0.2, -0.15) is 11.8 Å². The average Bonchev–Trinajstić information content (AvgIpc) is 2.61. The first-order chi connectivity index (χ1) is 13.2. The Morgan fingerprint density at radius 1 is 1.14 bits per heavy atom. The summed E-state index contributed by atoms with van der Waals surface area (Å²) in [5, 5.41) is 3.25. The van der Waals surface area contributed by atoms with Crippen LogP contribution in [-0.2, 0) is 20.6 Å². The van der Waals surface area contributed by atoms with Gasteiger partial charge in [0.05, 0.1) is 17.0 Å². The molecule has 0 heterocycles. The Labute approximate surface area is 178 Å². The number of amides is 1. The molecule has 1 N–H and O–H groups in total. The van der Waals surface area contributed by atoms with E-state index < -0.39 is 15.9 Å². The summed E-state index contributed by atoms with van der Waals surface area (Å²) in [6, 6.07) is 10.9. The maximum atomic E-state index is 13.7. The lowest BCUT2D eigenvalue weighted by Gasteiger charge is -2.22. The molecule has 5 nitrogen and oxygen atoms in total. The fourth-order valence-electron chi connectivity index (χ4n) is 2.33. The van der Waals surface area contributed by atoms with Crippen molar-refractivity contribution in [1.82, 2.24) is 5.32 Å². The summed E-state index contributed by atoms with van der Waals surface area (Å²) >= 11 is 13.4. The number of benzene rings is 2. The van der Waals surface area contributed by atoms with Crippen LogP contribution in [-0.4, -0.2) is 39.4 Å². The van der Waals surface area contributed by atoms with Gasteiger partial charge in [-0.25, -0.2) is 12.8 Å². The van der Waals surface area contributed by atoms with Gasteiger partial charge in [0.15, 0.2) is 0 Å². The first kappa shape index (κ1) is 22.8. The van der Waals surface area contributed by atoms with Crippen LogP contribution in [0, 0.1) is 5.82 Å². The van der Waals surface area contributed by atoms with E-state index in [0.717, 1.165) is 10.6 Å². The molecule has 0 unspecified atom stereocenters. The normalized spacial score (nSPS) is 11.3. The molecule has 2 aromatic carbocycles. The molecule has 0 aliphatic rings. The van der Waals surface area contributed by atoms with Crippen LogP contribution in [0.5, 0.6) is 0 Å². The molecule has 1 amide bonds. The Morgan fingerprint density at radius 2 is 1.82 bits per heavy atom. The fraction of sp³-hybridized carbons (Fsp3) is 0.278. The molecule has 0 fully saturated rings. The highest BCUT2D eigenvalue weighted by atomic mass is 35.5. The zero-order valence-corrected chi connectivity index (χ0v) is 18.1. The van der Waals surface area contributed by atoms with E-state index in [1.54, 1.807) is 30.3 Å². The van der Waals surface area contributed by atoms with Crippen molar-refractivity contribution in [3.63, 3.8) is 0 Å². The fourth-order valence-corrected chi connectivity index (χ4v) is 4.68. The minimum Gasteiger partial charge on any atom is -0.354 e. The van der Waals surface area contributed by atoms with E-state index in [2.05, 4.69) is 5.32 Å². The lowest BCUT2D eigenvalue weighted by molar-refractivity contribution is -0.119. The average molecular weight is 465 g/mol. The maximum absolute atomic E-state index is 13.7. The molecule has 0 bridgehead atoms. The van der Waals surface area contributed by atoms with E-state index in [4.69, 9.17) is 23.2 Å². The number of para-hydroxylation sites is 1. The van der Waals surface area contributed by atoms with Crippen molar-refractivity contribution in [3.8, 4) is 0 Å². The van der Waals surface area contributed by atoms with Crippen LogP contribution in [0.1, 0.15) is 5.56 Å². The van der Waals surface area contributed by atoms with Gasteiger partial charge >= 0.3 is 0 Å². The van der Waals surface area contributed by atoms with Crippen LogP contribution in [0.2, 0.25) is 10.0 Å². The predicted octanol–water partition coefficient (Wildman–Crippen LogP) is 3.95. The molecule has 2 rings (SSSR count). The van der Waals surface area contributed by atoms with Crippen LogP contribution >= 0.6 is 35.0 Å². The third-order valence-electron chi connectivity index (χ3n) is 3.69. The number of hydrogen-bond donors (Lipinski definition) is 1. The Hall–Kier alpha value is -1.48. The van der Waals surface area contributed by atoms with E-state index in [9.17, 15) is 17.6 Å². The highest BCUT2D eigenvalue weighted by molar-refractivity contribution is 7.98. The number of nitrogens with zero attached hydrogens (tertiary/aromatic N) is 1. The quantitative estimate of drug-likeness (QED) is 0.570. The van der Waals surface area contributed by atoms with Gasteiger partial charge in [-0.3, -0.25) is 9.10 Å². The zero-order valence-electron chi connectivity index (χ0n) is 15.0. The van der Waals surface area contributed by atoms with Crippen molar-refractivity contribution in [2.45, 2.75) is 5.75 Å². The number of hydrogen-bond acceptors (Lipinski definition) is 4. The summed E-state index contributed by atoms with van der Waals surface area (Å²) in [5.41, 5.74) is 0.660. The van der Waals surface area contributed by atoms with Crippen molar-refractivity contribution in [2.75, 3.05) is 29.4 Å². The molecule has 0 saturated heterocycles. The third kappa shape index (κ3) is 6.55. The van der Waals surface area contributed by atoms with Gasteiger partial charge in [-0.15, -0.1) is 0 Å². The molecule has 0 aromatic heterocycles. The number of sulfonamides is 1. The molecule has 0 atom stereocenters. The predicted molar refractivity (Wildman–Crippen MR) is 114 cm³/mol. The SMILES string of the molecule is CS(=O)(=O)N(CC(=O)NCCSCc1c(F)cccc1Cl)c1ccccc1Cl. The summed E-state index contributed by atoms with van der Waals surface area (Å²) < 4.78 is 38.8. The Balaban J connectivity index is 1.86. The highest BCUT2D eigenvalue weighted by Crippen LogP contribution is 2.27. The van der Waals surface area contributed by atoms with Crippen molar-refractivity contribution in [1.29, 1.82) is 0 Å². The standard InChI is InChI=1S/C18H19Cl2FN2O3S2/c1-28(25,26)23(17-8-3-2-5-15(17)20)11-18(24)22-9-10-27-12-13-14(19)6-4-7-16(13)21/h2-8H,9-12H2,1H3,(H,22,24). The van der Waals surface area contributed by atoms with Crippen molar-refractivity contribution >= 4 is 56.6 Å². The molecule has 0 saturated carbocycles. The van der Waals surface area contributed by atoms with E-state index in [0.29, 0.717) is 28.6 Å². The highest BCUT2D eigenvalue weighted by Gasteiger charge is 2.22. The van der Waals surface area contributed by atoms with Gasteiger partial charge in [0.25, 0.3) is 0 Å². The molecule has 0 aliphatic heterocycles. The minimum absolute atomic E-state index is 0.234. The summed E-state index contributed by atoms with van der Waals surface area (Å²) in [6.07, 6.45) is 1.01. The van der Waals surface area contributed by atoms with E-state index in [1.807, 2.05) is 0 Å². The van der Waals surface area contributed by atoms with E-state index in [-0.39, 0.29) is 23.1 Å². The monoisotopic (exact) mass is 464 g/mol. The van der Waals surface area contributed by atoms with Crippen molar-refractivity contribution in [3.05, 3.63) is 63.9 Å². The first-order valence-corrected chi connectivity index (χ1v) is 12.0. The van der Waals surface area contributed by atoms with Gasteiger partial charge in [0.1, 0.15) is 12.4 Å². The van der Waals surface area contributed by atoms with Crippen molar-refractivity contribution < 1.29 is 17.6 Å². The molecular weight excluding hydrogens is 446 g/mol. The Morgan fingerprint density at radius 3 is 2.46 bits per heavy atom. The molecule has 28 heavy (non-hydrogen) atoms. The molecule has 0 aliphatic carbocycles.